The van der Waals surface area contributed by atoms with Crippen molar-refractivity contribution in [3.8, 4) is 0 Å². The van der Waals surface area contributed by atoms with Crippen molar-refractivity contribution < 1.29 is 27.1 Å². The Balaban J connectivity index is 1.76. The van der Waals surface area contributed by atoms with Gasteiger partial charge in [-0.25, -0.2) is 4.79 Å². The van der Waals surface area contributed by atoms with Crippen LogP contribution in [-0.2, 0) is 17.5 Å². The molecule has 0 aliphatic rings. The van der Waals surface area contributed by atoms with Gasteiger partial charge in [-0.3, -0.25) is 0 Å². The molecule has 0 amide bonds. The normalized spacial score (nSPS) is 11.3. The van der Waals surface area contributed by atoms with Crippen molar-refractivity contribution >= 4 is 17.3 Å². The van der Waals surface area contributed by atoms with Gasteiger partial charge in [0.15, 0.2) is 6.61 Å². The summed E-state index contributed by atoms with van der Waals surface area (Å²) in [6.07, 6.45) is -4.46. The molecule has 0 unspecified atom stereocenters. The van der Waals surface area contributed by atoms with Gasteiger partial charge >= 0.3 is 12.1 Å². The zero-order chi connectivity index (χ0) is 19.4. The minimum atomic E-state index is -4.46. The Bertz CT molecular complexity index is 954. The Hall–Kier alpha value is -3.36. The van der Waals surface area contributed by atoms with E-state index in [0.29, 0.717) is 11.6 Å². The van der Waals surface area contributed by atoms with Crippen molar-refractivity contribution in [1.82, 2.24) is 10.2 Å². The largest absolute Gasteiger partial charge is 0.452 e. The summed E-state index contributed by atoms with van der Waals surface area (Å²) in [6.45, 7) is 1.39. The van der Waals surface area contributed by atoms with Gasteiger partial charge in [0, 0.05) is 12.6 Å². The number of carbonyl (C=O) groups excluding carboxylic acids is 1. The molecule has 1 aromatic heterocycles. The molecular formula is C18H14F3N3O3. The van der Waals surface area contributed by atoms with Crippen molar-refractivity contribution in [1.29, 1.82) is 0 Å². The third kappa shape index (κ3) is 4.63. The first-order chi connectivity index (χ1) is 12.8. The number of carbonyl (C=O) groups is 1. The molecule has 2 aromatic carbocycles. The lowest BCUT2D eigenvalue weighted by Crippen LogP contribution is -2.09. The maximum Gasteiger partial charge on any atom is 0.416 e. The van der Waals surface area contributed by atoms with Crippen molar-refractivity contribution in [3.05, 3.63) is 71.4 Å². The summed E-state index contributed by atoms with van der Waals surface area (Å²) in [6, 6.07) is 11.0. The number of hydrogen-bond donors (Lipinski definition) is 1. The van der Waals surface area contributed by atoms with Gasteiger partial charge in [-0.2, -0.15) is 13.2 Å². The Morgan fingerprint density at radius 3 is 2.63 bits per heavy atom. The van der Waals surface area contributed by atoms with Gasteiger partial charge < -0.3 is 14.5 Å². The summed E-state index contributed by atoms with van der Waals surface area (Å²) in [5, 5.41) is 10.2. The molecule has 0 radical (unpaired) electrons. The number of benzene rings is 2. The van der Waals surface area contributed by atoms with Gasteiger partial charge in [0.2, 0.25) is 5.89 Å². The van der Waals surface area contributed by atoms with Gasteiger partial charge in [0.1, 0.15) is 0 Å². The molecule has 1 N–H and O–H groups in total. The lowest BCUT2D eigenvalue weighted by molar-refractivity contribution is -0.137. The Kier molecular flexibility index (Phi) is 5.11. The molecular weight excluding hydrogens is 363 g/mol. The van der Waals surface area contributed by atoms with Crippen LogP contribution in [-0.4, -0.2) is 16.2 Å². The van der Waals surface area contributed by atoms with Gasteiger partial charge in [-0.1, -0.05) is 18.2 Å². The number of rotatable bonds is 5. The van der Waals surface area contributed by atoms with E-state index >= 15 is 0 Å². The second-order valence-electron chi connectivity index (χ2n) is 5.54. The van der Waals surface area contributed by atoms with E-state index in [4.69, 9.17) is 9.15 Å². The average molecular weight is 377 g/mol. The molecule has 0 fully saturated rings. The number of aryl methyl sites for hydroxylation is 1. The van der Waals surface area contributed by atoms with Crippen LogP contribution in [0.4, 0.5) is 24.5 Å². The van der Waals surface area contributed by atoms with Crippen molar-refractivity contribution in [2.24, 2.45) is 0 Å². The lowest BCUT2D eigenvalue weighted by atomic mass is 10.1. The SMILES string of the molecule is Cc1nnc(COC(=O)c2ccccc2Nc2cccc(C(F)(F)F)c2)o1. The van der Waals surface area contributed by atoms with Crippen LogP contribution >= 0.6 is 0 Å². The zero-order valence-electron chi connectivity index (χ0n) is 14.1. The minimum Gasteiger partial charge on any atom is -0.452 e. The number of alkyl halides is 3. The Morgan fingerprint density at radius 1 is 1.15 bits per heavy atom. The first-order valence-corrected chi connectivity index (χ1v) is 7.82. The molecule has 1 heterocycles. The van der Waals surface area contributed by atoms with E-state index in [1.54, 1.807) is 25.1 Å². The second kappa shape index (κ2) is 7.48. The predicted molar refractivity (Wildman–Crippen MR) is 89.3 cm³/mol. The molecule has 3 aromatic rings. The Labute approximate surface area is 152 Å². The van der Waals surface area contributed by atoms with E-state index in [0.717, 1.165) is 12.1 Å². The molecule has 9 heteroatoms. The number of esters is 1. The highest BCUT2D eigenvalue weighted by Crippen LogP contribution is 2.32. The van der Waals surface area contributed by atoms with Crippen LogP contribution in [0, 0.1) is 6.92 Å². The minimum absolute atomic E-state index is 0.143. The average Bonchev–Trinajstić information content (AvgIpc) is 3.05. The number of nitrogens with one attached hydrogen (secondary N) is 1. The molecule has 0 spiro atoms. The Morgan fingerprint density at radius 2 is 1.93 bits per heavy atom. The highest BCUT2D eigenvalue weighted by Gasteiger charge is 2.30. The number of para-hydroxylation sites is 1. The highest BCUT2D eigenvalue weighted by atomic mass is 19.4. The number of anilines is 2. The molecule has 0 saturated carbocycles. The molecule has 0 bridgehead atoms. The molecule has 6 nitrogen and oxygen atoms in total. The maximum absolute atomic E-state index is 12.9. The van der Waals surface area contributed by atoms with E-state index in [1.807, 2.05) is 0 Å². The fourth-order valence-corrected chi connectivity index (χ4v) is 2.30. The number of ether oxygens (including phenoxy) is 1. The first-order valence-electron chi connectivity index (χ1n) is 7.82. The van der Waals surface area contributed by atoms with Crippen molar-refractivity contribution in [3.63, 3.8) is 0 Å². The van der Waals surface area contributed by atoms with E-state index < -0.39 is 17.7 Å². The third-order valence-corrected chi connectivity index (χ3v) is 3.51. The number of hydrogen-bond acceptors (Lipinski definition) is 6. The zero-order valence-corrected chi connectivity index (χ0v) is 14.1. The van der Waals surface area contributed by atoms with Crippen LogP contribution in [0.1, 0.15) is 27.7 Å². The molecule has 27 heavy (non-hydrogen) atoms. The highest BCUT2D eigenvalue weighted by molar-refractivity contribution is 5.96. The van der Waals surface area contributed by atoms with E-state index in [-0.39, 0.29) is 23.7 Å². The van der Waals surface area contributed by atoms with Crippen LogP contribution in [0.2, 0.25) is 0 Å². The molecule has 0 aliphatic heterocycles. The molecule has 0 atom stereocenters. The summed E-state index contributed by atoms with van der Waals surface area (Å²) >= 11 is 0. The summed E-state index contributed by atoms with van der Waals surface area (Å²) in [5.41, 5.74) is -0.133. The lowest BCUT2D eigenvalue weighted by Gasteiger charge is -2.13. The smallest absolute Gasteiger partial charge is 0.416 e. The topological polar surface area (TPSA) is 77.2 Å². The summed E-state index contributed by atoms with van der Waals surface area (Å²) in [7, 11) is 0. The van der Waals surface area contributed by atoms with E-state index in [2.05, 4.69) is 15.5 Å². The van der Waals surface area contributed by atoms with E-state index in [1.165, 1.54) is 18.2 Å². The van der Waals surface area contributed by atoms with Crippen LogP contribution in [0.25, 0.3) is 0 Å². The molecule has 3 rings (SSSR count). The van der Waals surface area contributed by atoms with Crippen molar-refractivity contribution in [2.45, 2.75) is 19.7 Å². The third-order valence-electron chi connectivity index (χ3n) is 3.51. The summed E-state index contributed by atoms with van der Waals surface area (Å²) in [5.74, 6) is -0.197. The fraction of sp³-hybridized carbons (Fsp3) is 0.167. The van der Waals surface area contributed by atoms with Crippen molar-refractivity contribution in [2.75, 3.05) is 5.32 Å². The van der Waals surface area contributed by atoms with Crippen LogP contribution in [0.15, 0.2) is 52.9 Å². The number of halogens is 3. The molecule has 140 valence electrons. The monoisotopic (exact) mass is 377 g/mol. The second-order valence-corrected chi connectivity index (χ2v) is 5.54. The molecule has 0 saturated heterocycles. The summed E-state index contributed by atoms with van der Waals surface area (Å²) in [4.78, 5) is 12.3. The van der Waals surface area contributed by atoms with Gasteiger partial charge in [0.05, 0.1) is 16.8 Å². The number of nitrogens with zero attached hydrogens (tertiary/aromatic N) is 2. The van der Waals surface area contributed by atoms with Crippen LogP contribution in [0.3, 0.4) is 0 Å². The van der Waals surface area contributed by atoms with Gasteiger partial charge in [-0.05, 0) is 30.3 Å². The maximum atomic E-state index is 12.9. The number of aromatic nitrogens is 2. The van der Waals surface area contributed by atoms with E-state index in [9.17, 15) is 18.0 Å². The van der Waals surface area contributed by atoms with Crippen LogP contribution in [0.5, 0.6) is 0 Å². The van der Waals surface area contributed by atoms with Gasteiger partial charge in [0.25, 0.3) is 5.89 Å². The quantitative estimate of drug-likeness (QED) is 0.660. The standard InChI is InChI=1S/C18H14F3N3O3/c1-11-23-24-16(27-11)10-26-17(25)14-7-2-3-8-15(14)22-13-6-4-5-12(9-13)18(19,20)21/h2-9,22H,10H2,1H3. The predicted octanol–water partition coefficient (Wildman–Crippen LogP) is 4.50. The van der Waals surface area contributed by atoms with Crippen LogP contribution < -0.4 is 5.32 Å². The van der Waals surface area contributed by atoms with Gasteiger partial charge in [-0.15, -0.1) is 10.2 Å². The fourth-order valence-electron chi connectivity index (χ4n) is 2.30. The summed E-state index contributed by atoms with van der Waals surface area (Å²) < 4.78 is 48.8. The molecule has 0 aliphatic carbocycles. The first kappa shape index (κ1) is 18.4.